The third-order valence-corrected chi connectivity index (χ3v) is 4.07. The lowest BCUT2D eigenvalue weighted by Gasteiger charge is -2.15. The topological polar surface area (TPSA) is 25.2 Å². The van der Waals surface area contributed by atoms with Crippen LogP contribution in [0.1, 0.15) is 23.8 Å². The second kappa shape index (κ2) is 6.33. The zero-order valence-electron chi connectivity index (χ0n) is 12.0. The van der Waals surface area contributed by atoms with Crippen molar-refractivity contribution >= 4 is 22.6 Å². The van der Waals surface area contributed by atoms with Crippen molar-refractivity contribution in [3.05, 3.63) is 70.9 Å². The zero-order chi connectivity index (χ0) is 14.7. The first-order valence-electron chi connectivity index (χ1n) is 7.17. The maximum Gasteiger partial charge on any atom is 0.152 e. The Bertz CT molecular complexity index is 720. The maximum atomic E-state index is 6.15. The first kappa shape index (κ1) is 14.2. The summed E-state index contributed by atoms with van der Waals surface area (Å²) in [6, 6.07) is 18.7. The minimum atomic E-state index is 0.329. The Hall–Kier alpha value is -1.77. The van der Waals surface area contributed by atoms with Crippen LogP contribution < -0.4 is 5.32 Å². The minimum absolute atomic E-state index is 0.329. The van der Waals surface area contributed by atoms with E-state index in [2.05, 4.69) is 35.6 Å². The van der Waals surface area contributed by atoms with Crippen LogP contribution in [0.25, 0.3) is 11.0 Å². The molecule has 0 bridgehead atoms. The van der Waals surface area contributed by atoms with Crippen LogP contribution in [0.3, 0.4) is 0 Å². The Balaban J connectivity index is 1.75. The van der Waals surface area contributed by atoms with E-state index >= 15 is 0 Å². The first-order chi connectivity index (χ1) is 10.3. The Morgan fingerprint density at radius 1 is 1.10 bits per heavy atom. The van der Waals surface area contributed by atoms with Crippen molar-refractivity contribution in [3.8, 4) is 0 Å². The molecule has 2 nitrogen and oxygen atoms in total. The summed E-state index contributed by atoms with van der Waals surface area (Å²) in [4.78, 5) is 0. The molecule has 0 aliphatic rings. The molecule has 21 heavy (non-hydrogen) atoms. The normalized spacial score (nSPS) is 12.7. The number of fused-ring (bicyclic) bond motifs is 1. The Morgan fingerprint density at radius 2 is 1.90 bits per heavy atom. The third kappa shape index (κ3) is 3.12. The van der Waals surface area contributed by atoms with Crippen molar-refractivity contribution in [3.63, 3.8) is 0 Å². The van der Waals surface area contributed by atoms with Gasteiger partial charge in [0.15, 0.2) is 5.58 Å². The van der Waals surface area contributed by atoms with Gasteiger partial charge in [-0.3, -0.25) is 0 Å². The zero-order valence-corrected chi connectivity index (χ0v) is 12.7. The van der Waals surface area contributed by atoms with Crippen LogP contribution in [-0.2, 0) is 6.42 Å². The van der Waals surface area contributed by atoms with Gasteiger partial charge in [0.25, 0.3) is 0 Å². The highest BCUT2D eigenvalue weighted by Crippen LogP contribution is 2.28. The van der Waals surface area contributed by atoms with Crippen LogP contribution in [0, 0.1) is 0 Å². The molecule has 3 heteroatoms. The Kier molecular flexibility index (Phi) is 4.28. The van der Waals surface area contributed by atoms with E-state index in [0.717, 1.165) is 29.6 Å². The van der Waals surface area contributed by atoms with Crippen molar-refractivity contribution in [2.45, 2.75) is 18.9 Å². The van der Waals surface area contributed by atoms with E-state index in [-0.39, 0.29) is 0 Å². The van der Waals surface area contributed by atoms with Gasteiger partial charge >= 0.3 is 0 Å². The molecule has 0 radical (unpaired) electrons. The second-order valence-electron chi connectivity index (χ2n) is 5.16. The fourth-order valence-electron chi connectivity index (χ4n) is 2.65. The molecule has 1 unspecified atom stereocenters. The number of halogens is 1. The van der Waals surface area contributed by atoms with Crippen LogP contribution >= 0.6 is 11.6 Å². The van der Waals surface area contributed by atoms with E-state index in [1.165, 1.54) is 5.56 Å². The monoisotopic (exact) mass is 299 g/mol. The van der Waals surface area contributed by atoms with Crippen molar-refractivity contribution in [2.24, 2.45) is 0 Å². The van der Waals surface area contributed by atoms with Gasteiger partial charge < -0.3 is 9.73 Å². The molecule has 1 N–H and O–H groups in total. The second-order valence-corrected chi connectivity index (χ2v) is 5.57. The van der Waals surface area contributed by atoms with Gasteiger partial charge in [-0.1, -0.05) is 54.1 Å². The van der Waals surface area contributed by atoms with Crippen LogP contribution in [0.4, 0.5) is 0 Å². The lowest BCUT2D eigenvalue weighted by molar-refractivity contribution is 0.489. The Labute approximate surface area is 129 Å². The van der Waals surface area contributed by atoms with Gasteiger partial charge in [0, 0.05) is 17.8 Å². The molecule has 3 rings (SSSR count). The van der Waals surface area contributed by atoms with Gasteiger partial charge in [-0.05, 0) is 31.2 Å². The van der Waals surface area contributed by atoms with Crippen LogP contribution in [-0.4, -0.2) is 7.05 Å². The highest BCUT2D eigenvalue weighted by molar-refractivity contribution is 6.34. The highest BCUT2D eigenvalue weighted by Gasteiger charge is 2.12. The van der Waals surface area contributed by atoms with Crippen LogP contribution in [0.2, 0.25) is 5.02 Å². The number of hydrogen-bond donors (Lipinski definition) is 1. The fraction of sp³-hybridized carbons (Fsp3) is 0.222. The van der Waals surface area contributed by atoms with Crippen molar-refractivity contribution in [1.29, 1.82) is 0 Å². The number of rotatable bonds is 5. The fourth-order valence-corrected chi connectivity index (χ4v) is 2.87. The molecule has 0 fully saturated rings. The molecule has 1 atom stereocenters. The number of para-hydroxylation sites is 1. The standard InChI is InChI=1S/C18H18ClNO/c1-20-17(13-6-3-2-4-7-13)11-10-15-12-14-8-5-9-16(19)18(14)21-15/h2-9,12,17,20H,10-11H2,1H3. The van der Waals surface area contributed by atoms with Gasteiger partial charge in [0.2, 0.25) is 0 Å². The van der Waals surface area contributed by atoms with Gasteiger partial charge in [-0.15, -0.1) is 0 Å². The summed E-state index contributed by atoms with van der Waals surface area (Å²) in [6.45, 7) is 0. The van der Waals surface area contributed by atoms with Gasteiger partial charge in [0.1, 0.15) is 5.76 Å². The molecule has 1 heterocycles. The predicted molar refractivity (Wildman–Crippen MR) is 87.8 cm³/mol. The molecular formula is C18H18ClNO. The average Bonchev–Trinajstić information content (AvgIpc) is 2.93. The molecule has 0 saturated heterocycles. The molecule has 0 aliphatic heterocycles. The molecule has 108 valence electrons. The molecule has 2 aromatic carbocycles. The summed E-state index contributed by atoms with van der Waals surface area (Å²) in [5.41, 5.74) is 2.09. The summed E-state index contributed by atoms with van der Waals surface area (Å²) >= 11 is 6.15. The lowest BCUT2D eigenvalue weighted by atomic mass is 10.0. The summed E-state index contributed by atoms with van der Waals surface area (Å²) < 4.78 is 5.87. The van der Waals surface area contributed by atoms with Gasteiger partial charge in [0.05, 0.1) is 5.02 Å². The smallest absolute Gasteiger partial charge is 0.152 e. The molecule has 0 amide bonds. The third-order valence-electron chi connectivity index (χ3n) is 3.78. The van der Waals surface area contributed by atoms with E-state index in [9.17, 15) is 0 Å². The van der Waals surface area contributed by atoms with Crippen molar-refractivity contribution < 1.29 is 4.42 Å². The molecule has 3 aromatic rings. The van der Waals surface area contributed by atoms with Crippen LogP contribution in [0.5, 0.6) is 0 Å². The number of furan rings is 1. The average molecular weight is 300 g/mol. The summed E-state index contributed by atoms with van der Waals surface area (Å²) in [7, 11) is 1.99. The highest BCUT2D eigenvalue weighted by atomic mass is 35.5. The van der Waals surface area contributed by atoms with E-state index < -0.39 is 0 Å². The van der Waals surface area contributed by atoms with Crippen molar-refractivity contribution in [1.82, 2.24) is 5.32 Å². The quantitative estimate of drug-likeness (QED) is 0.719. The van der Waals surface area contributed by atoms with E-state index in [4.69, 9.17) is 16.0 Å². The lowest BCUT2D eigenvalue weighted by Crippen LogP contribution is -2.16. The number of hydrogen-bond acceptors (Lipinski definition) is 2. The Morgan fingerprint density at radius 3 is 2.62 bits per heavy atom. The first-order valence-corrected chi connectivity index (χ1v) is 7.55. The number of nitrogens with one attached hydrogen (secondary N) is 1. The number of benzene rings is 2. The van der Waals surface area contributed by atoms with Gasteiger partial charge in [-0.2, -0.15) is 0 Å². The molecule has 0 aliphatic carbocycles. The minimum Gasteiger partial charge on any atom is -0.460 e. The maximum absolute atomic E-state index is 6.15. The summed E-state index contributed by atoms with van der Waals surface area (Å²) in [5.74, 6) is 0.981. The van der Waals surface area contributed by atoms with E-state index in [1.54, 1.807) is 0 Å². The van der Waals surface area contributed by atoms with E-state index in [1.807, 2.05) is 31.3 Å². The SMILES string of the molecule is CNC(CCc1cc2cccc(Cl)c2o1)c1ccccc1. The van der Waals surface area contributed by atoms with Crippen LogP contribution in [0.15, 0.2) is 59.0 Å². The summed E-state index contributed by atoms with van der Waals surface area (Å²) in [6.07, 6.45) is 1.86. The largest absolute Gasteiger partial charge is 0.460 e. The summed E-state index contributed by atoms with van der Waals surface area (Å²) in [5, 5.41) is 5.11. The number of aryl methyl sites for hydroxylation is 1. The predicted octanol–water partition coefficient (Wildman–Crippen LogP) is 4.98. The van der Waals surface area contributed by atoms with Gasteiger partial charge in [-0.25, -0.2) is 0 Å². The molecule has 0 spiro atoms. The van der Waals surface area contributed by atoms with Crippen molar-refractivity contribution in [2.75, 3.05) is 7.05 Å². The molecule has 1 aromatic heterocycles. The van der Waals surface area contributed by atoms with E-state index in [0.29, 0.717) is 11.1 Å². The molecule has 0 saturated carbocycles. The molecular weight excluding hydrogens is 282 g/mol.